The van der Waals surface area contributed by atoms with E-state index in [1.165, 1.54) is 6.07 Å². The molecule has 0 N–H and O–H groups in total. The Hall–Kier alpha value is -3.98. The number of halogens is 2. The number of rotatable bonds is 8. The summed E-state index contributed by atoms with van der Waals surface area (Å²) in [5.41, 5.74) is 4.21. The maximum Gasteiger partial charge on any atom is 0.363 e. The normalized spacial score (nSPS) is 13.8. The summed E-state index contributed by atoms with van der Waals surface area (Å²) in [6.45, 7) is 2.34. The molecule has 0 saturated carbocycles. The van der Waals surface area contributed by atoms with Gasteiger partial charge < -0.3 is 14.2 Å². The largest absolute Gasteiger partial charge is 0.490 e. The van der Waals surface area contributed by atoms with E-state index >= 15 is 0 Å². The Morgan fingerprint density at radius 3 is 2.32 bits per heavy atom. The molecule has 0 aromatic heterocycles. The Morgan fingerprint density at radius 1 is 0.895 bits per heavy atom. The highest BCUT2D eigenvalue weighted by Gasteiger charge is 2.24. The predicted octanol–water partition coefficient (Wildman–Crippen LogP) is 7.42. The van der Waals surface area contributed by atoms with E-state index in [9.17, 15) is 9.18 Å². The molecule has 1 aliphatic rings. The van der Waals surface area contributed by atoms with Crippen LogP contribution in [0.1, 0.15) is 23.6 Å². The quantitative estimate of drug-likeness (QED) is 0.117. The number of cyclic esters (lactones) is 1. The molecular weight excluding hydrogens is 596 g/mol. The number of carbonyl (C=O) groups excluding carboxylic acids is 1. The van der Waals surface area contributed by atoms with Gasteiger partial charge in [-0.3, -0.25) is 0 Å². The maximum absolute atomic E-state index is 14.0. The first-order chi connectivity index (χ1) is 18.5. The van der Waals surface area contributed by atoms with Crippen LogP contribution >= 0.6 is 22.6 Å². The van der Waals surface area contributed by atoms with Gasteiger partial charge in [-0.2, -0.15) is 0 Å². The number of benzene rings is 4. The second kappa shape index (κ2) is 11.6. The van der Waals surface area contributed by atoms with Crippen molar-refractivity contribution in [1.29, 1.82) is 0 Å². The summed E-state index contributed by atoms with van der Waals surface area (Å²) in [4.78, 5) is 17.0. The van der Waals surface area contributed by atoms with Crippen molar-refractivity contribution in [2.75, 3.05) is 6.61 Å². The number of hydrogen-bond donors (Lipinski definition) is 0. The number of hydrogen-bond acceptors (Lipinski definition) is 5. The highest BCUT2D eigenvalue weighted by Crippen LogP contribution is 2.36. The molecule has 5 nitrogen and oxygen atoms in total. The molecule has 5 rings (SSSR count). The molecular formula is C31H23FINO4. The predicted molar refractivity (Wildman–Crippen MR) is 154 cm³/mol. The first kappa shape index (κ1) is 25.7. The van der Waals surface area contributed by atoms with Gasteiger partial charge in [-0.05, 0) is 82.6 Å². The van der Waals surface area contributed by atoms with Gasteiger partial charge in [-0.25, -0.2) is 14.2 Å². The molecule has 190 valence electrons. The summed E-state index contributed by atoms with van der Waals surface area (Å²) in [6.07, 6.45) is 1.65. The Balaban J connectivity index is 1.38. The molecule has 4 aromatic rings. The fourth-order valence-electron chi connectivity index (χ4n) is 3.97. The summed E-state index contributed by atoms with van der Waals surface area (Å²) < 4.78 is 32.0. The van der Waals surface area contributed by atoms with Crippen molar-refractivity contribution in [2.45, 2.75) is 13.5 Å². The Morgan fingerprint density at radius 2 is 1.58 bits per heavy atom. The van der Waals surface area contributed by atoms with Crippen LogP contribution in [0.25, 0.3) is 17.2 Å². The molecule has 0 aliphatic carbocycles. The van der Waals surface area contributed by atoms with E-state index in [2.05, 4.69) is 27.6 Å². The van der Waals surface area contributed by atoms with E-state index < -0.39 is 5.97 Å². The maximum atomic E-state index is 14.0. The van der Waals surface area contributed by atoms with Gasteiger partial charge in [0.1, 0.15) is 12.4 Å². The molecule has 1 aliphatic heterocycles. The fourth-order valence-corrected chi connectivity index (χ4v) is 4.75. The first-order valence-electron chi connectivity index (χ1n) is 12.0. The lowest BCUT2D eigenvalue weighted by atomic mass is 10.0. The van der Waals surface area contributed by atoms with Crippen LogP contribution in [0.5, 0.6) is 11.5 Å². The van der Waals surface area contributed by atoms with E-state index in [4.69, 9.17) is 14.2 Å². The minimum Gasteiger partial charge on any atom is -0.490 e. The van der Waals surface area contributed by atoms with Crippen LogP contribution in [0.2, 0.25) is 0 Å². The lowest BCUT2D eigenvalue weighted by molar-refractivity contribution is -0.129. The first-order valence-corrected chi connectivity index (χ1v) is 13.1. The second-order valence-electron chi connectivity index (χ2n) is 8.42. The van der Waals surface area contributed by atoms with Crippen LogP contribution < -0.4 is 9.47 Å². The average molecular weight is 619 g/mol. The minimum absolute atomic E-state index is 0.0617. The lowest BCUT2D eigenvalue weighted by Gasteiger charge is -2.15. The molecule has 0 bridgehead atoms. The lowest BCUT2D eigenvalue weighted by Crippen LogP contribution is -2.05. The summed E-state index contributed by atoms with van der Waals surface area (Å²) >= 11 is 2.14. The Labute approximate surface area is 233 Å². The number of esters is 1. The molecule has 0 amide bonds. The van der Waals surface area contributed by atoms with E-state index in [0.29, 0.717) is 34.8 Å². The van der Waals surface area contributed by atoms with E-state index in [1.807, 2.05) is 67.6 Å². The molecule has 4 aromatic carbocycles. The van der Waals surface area contributed by atoms with Crippen LogP contribution in [0.15, 0.2) is 102 Å². The van der Waals surface area contributed by atoms with Gasteiger partial charge >= 0.3 is 5.97 Å². The van der Waals surface area contributed by atoms with Crippen molar-refractivity contribution in [3.05, 3.63) is 123 Å². The smallest absolute Gasteiger partial charge is 0.363 e. The summed E-state index contributed by atoms with van der Waals surface area (Å²) in [7, 11) is 0. The molecule has 0 spiro atoms. The molecule has 1 heterocycles. The van der Waals surface area contributed by atoms with Crippen molar-refractivity contribution in [2.24, 2.45) is 4.99 Å². The molecule has 0 saturated heterocycles. The summed E-state index contributed by atoms with van der Waals surface area (Å²) in [6, 6.07) is 27.8. The highest BCUT2D eigenvalue weighted by atomic mass is 127. The number of aliphatic imine (C=N–C) groups is 1. The average Bonchev–Trinajstić information content (AvgIpc) is 3.29. The molecule has 7 heteroatoms. The van der Waals surface area contributed by atoms with Gasteiger partial charge in [0, 0.05) is 11.1 Å². The van der Waals surface area contributed by atoms with E-state index in [1.54, 1.807) is 30.3 Å². The number of ether oxygens (including phenoxy) is 3. The summed E-state index contributed by atoms with van der Waals surface area (Å²) in [5, 5.41) is 0. The van der Waals surface area contributed by atoms with Crippen LogP contribution in [-0.4, -0.2) is 18.5 Å². The van der Waals surface area contributed by atoms with Crippen LogP contribution in [0.4, 0.5) is 4.39 Å². The molecule has 38 heavy (non-hydrogen) atoms. The molecule has 0 radical (unpaired) electrons. The standard InChI is InChI=1S/C31H23FINO4/c1-2-36-28-18-20(16-26(33)29(28)37-19-24-10-6-7-11-25(24)32)17-27-31(35)38-30(34-27)23-14-12-22(13-15-23)21-8-4-3-5-9-21/h3-18H,2,19H2,1H3/b27-17-. The van der Waals surface area contributed by atoms with Gasteiger partial charge in [0.2, 0.25) is 5.90 Å². The molecule has 0 fully saturated rings. The third kappa shape index (κ3) is 5.78. The van der Waals surface area contributed by atoms with Crippen molar-refractivity contribution in [3.63, 3.8) is 0 Å². The van der Waals surface area contributed by atoms with Crippen LogP contribution in [-0.2, 0) is 16.1 Å². The van der Waals surface area contributed by atoms with Crippen molar-refractivity contribution < 1.29 is 23.4 Å². The zero-order chi connectivity index (χ0) is 26.5. The molecule has 0 unspecified atom stereocenters. The van der Waals surface area contributed by atoms with Crippen molar-refractivity contribution in [3.8, 4) is 22.6 Å². The van der Waals surface area contributed by atoms with Crippen molar-refractivity contribution >= 4 is 40.5 Å². The zero-order valence-electron chi connectivity index (χ0n) is 20.5. The zero-order valence-corrected chi connectivity index (χ0v) is 22.6. The minimum atomic E-state index is -0.528. The topological polar surface area (TPSA) is 57.1 Å². The van der Waals surface area contributed by atoms with E-state index in [-0.39, 0.29) is 24.0 Å². The van der Waals surface area contributed by atoms with Gasteiger partial charge in [-0.1, -0.05) is 60.7 Å². The monoisotopic (exact) mass is 619 g/mol. The Bertz CT molecular complexity index is 1530. The SMILES string of the molecule is CCOc1cc(/C=C2\N=C(c3ccc(-c4ccccc4)cc3)OC2=O)cc(I)c1OCc1ccccc1F. The Kier molecular flexibility index (Phi) is 7.83. The second-order valence-corrected chi connectivity index (χ2v) is 9.58. The highest BCUT2D eigenvalue weighted by molar-refractivity contribution is 14.1. The third-order valence-corrected chi connectivity index (χ3v) is 6.63. The number of nitrogens with zero attached hydrogens (tertiary/aromatic N) is 1. The van der Waals surface area contributed by atoms with Gasteiger partial charge in [-0.15, -0.1) is 0 Å². The molecule has 0 atom stereocenters. The van der Waals surface area contributed by atoms with Crippen LogP contribution in [0, 0.1) is 9.39 Å². The van der Waals surface area contributed by atoms with Crippen molar-refractivity contribution in [1.82, 2.24) is 0 Å². The fraction of sp³-hybridized carbons (Fsp3) is 0.0968. The number of carbonyl (C=O) groups is 1. The van der Waals surface area contributed by atoms with E-state index in [0.717, 1.165) is 14.7 Å². The van der Waals surface area contributed by atoms with Crippen LogP contribution in [0.3, 0.4) is 0 Å². The van der Waals surface area contributed by atoms with Gasteiger partial charge in [0.15, 0.2) is 17.2 Å². The van der Waals surface area contributed by atoms with Gasteiger partial charge in [0.05, 0.1) is 10.2 Å². The van der Waals surface area contributed by atoms with Gasteiger partial charge in [0.25, 0.3) is 0 Å². The third-order valence-electron chi connectivity index (χ3n) is 5.82. The summed E-state index contributed by atoms with van der Waals surface area (Å²) in [5.74, 6) is 0.402.